The average molecular weight is 558 g/mol. The molecule has 0 fully saturated rings. The summed E-state index contributed by atoms with van der Waals surface area (Å²) in [5.74, 6) is -2.01. The van der Waals surface area contributed by atoms with Gasteiger partial charge in [0.25, 0.3) is 21.8 Å². The molecule has 0 spiro atoms. The van der Waals surface area contributed by atoms with Crippen LogP contribution < -0.4 is 10.0 Å². The highest BCUT2D eigenvalue weighted by Crippen LogP contribution is 2.23. The molecule has 200 valence electrons. The first-order valence-electron chi connectivity index (χ1n) is 12.0. The monoisotopic (exact) mass is 557 g/mol. The summed E-state index contributed by atoms with van der Waals surface area (Å²) in [5.41, 5.74) is 1.15. The van der Waals surface area contributed by atoms with Crippen molar-refractivity contribution < 1.29 is 27.5 Å². The molecule has 1 unspecified atom stereocenters. The highest BCUT2D eigenvalue weighted by Gasteiger charge is 2.23. The fraction of sp³-hybridized carbons (Fsp3) is 0.259. The average Bonchev–Trinajstić information content (AvgIpc) is 2.89. The third-order valence-electron chi connectivity index (χ3n) is 5.49. The molecule has 0 radical (unpaired) electrons. The van der Waals surface area contributed by atoms with Crippen LogP contribution in [0.1, 0.15) is 63.5 Å². The van der Waals surface area contributed by atoms with Gasteiger partial charge in [-0.3, -0.25) is 9.59 Å². The maximum Gasteiger partial charge on any atom is 0.357 e. The van der Waals surface area contributed by atoms with Crippen LogP contribution in [0.4, 0.5) is 0 Å². The number of halogens is 1. The highest BCUT2D eigenvalue weighted by molar-refractivity contribution is 7.90. The zero-order valence-corrected chi connectivity index (χ0v) is 22.5. The molecular weight excluding hydrogens is 530 g/mol. The molecule has 11 heteroatoms. The van der Waals surface area contributed by atoms with E-state index in [1.54, 1.807) is 6.92 Å². The Hall–Kier alpha value is -3.76. The van der Waals surface area contributed by atoms with Gasteiger partial charge in [-0.2, -0.15) is 0 Å². The largest absolute Gasteiger partial charge is 0.458 e. The molecule has 0 aliphatic carbocycles. The predicted octanol–water partition coefficient (Wildman–Crippen LogP) is 4.17. The lowest BCUT2D eigenvalue weighted by Crippen LogP contribution is -2.31. The number of ether oxygens (including phenoxy) is 1. The van der Waals surface area contributed by atoms with E-state index in [4.69, 9.17) is 16.3 Å². The Bertz CT molecular complexity index is 1400. The lowest BCUT2D eigenvalue weighted by molar-refractivity contribution is 0.0316. The van der Waals surface area contributed by atoms with Crippen LogP contribution in [0.2, 0.25) is 5.02 Å². The summed E-state index contributed by atoms with van der Waals surface area (Å²) in [6.07, 6.45) is 2.99. The Morgan fingerprint density at radius 1 is 1.00 bits per heavy atom. The Balaban J connectivity index is 1.62. The van der Waals surface area contributed by atoms with Gasteiger partial charge in [-0.25, -0.2) is 22.9 Å². The minimum atomic E-state index is -4.37. The van der Waals surface area contributed by atoms with Crippen LogP contribution in [0.25, 0.3) is 0 Å². The normalized spacial score (nSPS) is 11.9. The second-order valence-electron chi connectivity index (χ2n) is 8.51. The van der Waals surface area contributed by atoms with Gasteiger partial charge in [0.2, 0.25) is 0 Å². The molecule has 38 heavy (non-hydrogen) atoms. The summed E-state index contributed by atoms with van der Waals surface area (Å²) >= 11 is 6.16. The van der Waals surface area contributed by atoms with Crippen LogP contribution in [0.5, 0.6) is 0 Å². The van der Waals surface area contributed by atoms with E-state index in [1.165, 1.54) is 24.3 Å². The van der Waals surface area contributed by atoms with E-state index in [1.807, 2.05) is 42.0 Å². The second-order valence-corrected chi connectivity index (χ2v) is 10.6. The van der Waals surface area contributed by atoms with Gasteiger partial charge in [0.1, 0.15) is 10.6 Å². The van der Waals surface area contributed by atoms with Crippen LogP contribution in [0, 0.1) is 0 Å². The Morgan fingerprint density at radius 2 is 1.71 bits per heavy atom. The first kappa shape index (κ1) is 28.8. The number of amides is 2. The van der Waals surface area contributed by atoms with E-state index in [0.29, 0.717) is 19.4 Å². The summed E-state index contributed by atoms with van der Waals surface area (Å²) in [5, 5.41) is 2.54. The molecule has 3 rings (SSSR count). The van der Waals surface area contributed by atoms with Crippen molar-refractivity contribution in [1.29, 1.82) is 0 Å². The number of carbonyl (C=O) groups excluding carboxylic acids is 3. The van der Waals surface area contributed by atoms with Crippen molar-refractivity contribution in [3.8, 4) is 0 Å². The van der Waals surface area contributed by atoms with Crippen molar-refractivity contribution in [2.75, 3.05) is 6.54 Å². The van der Waals surface area contributed by atoms with Crippen LogP contribution in [-0.2, 0) is 21.2 Å². The molecule has 3 aromatic rings. The van der Waals surface area contributed by atoms with Crippen molar-refractivity contribution in [3.63, 3.8) is 0 Å². The molecule has 2 N–H and O–H groups in total. The minimum absolute atomic E-state index is 0.00645. The number of rotatable bonds is 11. The minimum Gasteiger partial charge on any atom is -0.458 e. The number of nitrogens with zero attached hydrogens (tertiary/aromatic N) is 1. The Morgan fingerprint density at radius 3 is 2.34 bits per heavy atom. The molecule has 2 amide bonds. The van der Waals surface area contributed by atoms with Gasteiger partial charge in [-0.05, 0) is 55.7 Å². The van der Waals surface area contributed by atoms with Crippen molar-refractivity contribution in [2.24, 2.45) is 0 Å². The Labute approximate surface area is 226 Å². The standard InChI is InChI=1S/C27H28ClN3O6S/c1-3-7-18(2)37-27(34)23-12-10-21(17-30-23)26(33)31-38(35,36)24-13-11-20(16-22(24)28)25(32)29-15-14-19-8-5-4-6-9-19/h4-6,8-13,16-18H,3,7,14-15H2,1-2H3,(H,29,32)(H,31,33). The highest BCUT2D eigenvalue weighted by atomic mass is 35.5. The van der Waals surface area contributed by atoms with Crippen molar-refractivity contribution in [2.45, 2.75) is 44.1 Å². The maximum atomic E-state index is 12.8. The van der Waals surface area contributed by atoms with Crippen LogP contribution in [-0.4, -0.2) is 43.8 Å². The molecule has 1 atom stereocenters. The quantitative estimate of drug-likeness (QED) is 0.338. The Kier molecular flexibility index (Phi) is 9.98. The van der Waals surface area contributed by atoms with Gasteiger partial charge >= 0.3 is 5.97 Å². The van der Waals surface area contributed by atoms with E-state index in [0.717, 1.165) is 24.2 Å². The number of aromatic nitrogens is 1. The predicted molar refractivity (Wildman–Crippen MR) is 143 cm³/mol. The van der Waals surface area contributed by atoms with E-state index in [2.05, 4.69) is 10.3 Å². The number of hydrogen-bond donors (Lipinski definition) is 2. The first-order valence-corrected chi connectivity index (χ1v) is 13.8. The van der Waals surface area contributed by atoms with E-state index in [9.17, 15) is 22.8 Å². The van der Waals surface area contributed by atoms with Gasteiger partial charge in [0, 0.05) is 18.3 Å². The summed E-state index contributed by atoms with van der Waals surface area (Å²) in [7, 11) is -4.37. The zero-order valence-electron chi connectivity index (χ0n) is 20.9. The second kappa shape index (κ2) is 13.2. The van der Waals surface area contributed by atoms with E-state index < -0.39 is 27.8 Å². The van der Waals surface area contributed by atoms with Crippen LogP contribution >= 0.6 is 11.6 Å². The smallest absolute Gasteiger partial charge is 0.357 e. The number of carbonyl (C=O) groups is 3. The third-order valence-corrected chi connectivity index (χ3v) is 7.30. The van der Waals surface area contributed by atoms with Gasteiger partial charge in [-0.1, -0.05) is 55.3 Å². The van der Waals surface area contributed by atoms with E-state index in [-0.39, 0.29) is 32.8 Å². The molecule has 0 bridgehead atoms. The zero-order chi connectivity index (χ0) is 27.7. The first-order chi connectivity index (χ1) is 18.1. The number of esters is 1. The van der Waals surface area contributed by atoms with Gasteiger partial charge in [-0.15, -0.1) is 0 Å². The lowest BCUT2D eigenvalue weighted by Gasteiger charge is -2.12. The van der Waals surface area contributed by atoms with Crippen molar-refractivity contribution >= 4 is 39.4 Å². The fourth-order valence-corrected chi connectivity index (χ4v) is 5.04. The van der Waals surface area contributed by atoms with Gasteiger partial charge in [0.15, 0.2) is 0 Å². The third kappa shape index (κ3) is 7.87. The molecule has 2 aromatic carbocycles. The molecule has 1 aromatic heterocycles. The summed E-state index contributed by atoms with van der Waals surface area (Å²) < 4.78 is 32.8. The number of hydrogen-bond acceptors (Lipinski definition) is 7. The number of benzene rings is 2. The maximum absolute atomic E-state index is 12.8. The van der Waals surface area contributed by atoms with E-state index >= 15 is 0 Å². The molecule has 0 saturated heterocycles. The molecule has 0 aliphatic rings. The van der Waals surface area contributed by atoms with Gasteiger partial charge in [0.05, 0.1) is 16.7 Å². The number of pyridine rings is 1. The number of nitrogens with one attached hydrogen (secondary N) is 2. The summed E-state index contributed by atoms with van der Waals surface area (Å²) in [4.78, 5) is 40.7. The fourth-order valence-electron chi connectivity index (χ4n) is 3.52. The van der Waals surface area contributed by atoms with Crippen molar-refractivity contribution in [3.05, 3.63) is 94.3 Å². The van der Waals surface area contributed by atoms with Crippen molar-refractivity contribution in [1.82, 2.24) is 15.0 Å². The molecular formula is C27H28ClN3O6S. The van der Waals surface area contributed by atoms with Crippen LogP contribution in [0.3, 0.4) is 0 Å². The molecule has 0 saturated carbocycles. The molecule has 9 nitrogen and oxygen atoms in total. The molecule has 0 aliphatic heterocycles. The topological polar surface area (TPSA) is 132 Å². The summed E-state index contributed by atoms with van der Waals surface area (Å²) in [6.45, 7) is 4.12. The molecule has 1 heterocycles. The number of sulfonamides is 1. The lowest BCUT2D eigenvalue weighted by atomic mass is 10.1. The summed E-state index contributed by atoms with van der Waals surface area (Å²) in [6, 6.07) is 15.9. The SMILES string of the molecule is CCCC(C)OC(=O)c1ccc(C(=O)NS(=O)(=O)c2ccc(C(=O)NCCc3ccccc3)cc2Cl)cn1. The van der Waals surface area contributed by atoms with Gasteiger partial charge < -0.3 is 10.1 Å². The van der Waals surface area contributed by atoms with Crippen LogP contribution in [0.15, 0.2) is 71.8 Å².